The van der Waals surface area contributed by atoms with Crippen molar-refractivity contribution in [3.63, 3.8) is 0 Å². The molecule has 2 rings (SSSR count). The highest BCUT2D eigenvalue weighted by Gasteiger charge is 2.04. The van der Waals surface area contributed by atoms with E-state index in [0.29, 0.717) is 23.7 Å². The molecular weight excluding hydrogens is 308 g/mol. The van der Waals surface area contributed by atoms with Crippen molar-refractivity contribution in [1.82, 2.24) is 19.7 Å². The van der Waals surface area contributed by atoms with Gasteiger partial charge in [-0.25, -0.2) is 13.1 Å². The molecule has 1 aromatic heterocycles. The van der Waals surface area contributed by atoms with Crippen molar-refractivity contribution in [2.24, 2.45) is 0 Å². The highest BCUT2D eigenvalue weighted by molar-refractivity contribution is 7.88. The van der Waals surface area contributed by atoms with Crippen molar-refractivity contribution in [3.05, 3.63) is 36.2 Å². The van der Waals surface area contributed by atoms with Crippen molar-refractivity contribution in [3.8, 4) is 11.5 Å². The Bertz CT molecular complexity index is 714. The third kappa shape index (κ3) is 5.34. The summed E-state index contributed by atoms with van der Waals surface area (Å²) in [4.78, 5) is 0. The van der Waals surface area contributed by atoms with Crippen LogP contribution in [0, 0.1) is 0 Å². The van der Waals surface area contributed by atoms with E-state index >= 15 is 0 Å². The largest absolute Gasteiger partial charge is 0.497 e. The van der Waals surface area contributed by atoms with Crippen molar-refractivity contribution in [2.45, 2.75) is 13.2 Å². The Morgan fingerprint density at radius 2 is 2.09 bits per heavy atom. The minimum atomic E-state index is -3.19. The number of benzene rings is 1. The lowest BCUT2D eigenvalue weighted by molar-refractivity contribution is 0.298. The van der Waals surface area contributed by atoms with Crippen molar-refractivity contribution in [2.75, 3.05) is 19.9 Å². The number of methoxy groups -OCH3 is 1. The van der Waals surface area contributed by atoms with Gasteiger partial charge in [0.1, 0.15) is 23.8 Å². The van der Waals surface area contributed by atoms with Gasteiger partial charge in [-0.05, 0) is 12.1 Å². The van der Waals surface area contributed by atoms with Gasteiger partial charge < -0.3 is 9.47 Å². The normalized spacial score (nSPS) is 11.4. The summed E-state index contributed by atoms with van der Waals surface area (Å²) in [5.41, 5.74) is 0.655. The molecule has 0 atom stereocenters. The molecule has 1 N–H and O–H groups in total. The summed E-state index contributed by atoms with van der Waals surface area (Å²) in [7, 11) is -1.60. The zero-order chi connectivity index (χ0) is 16.0. The summed E-state index contributed by atoms with van der Waals surface area (Å²) >= 11 is 0. The maximum Gasteiger partial charge on any atom is 0.208 e. The van der Waals surface area contributed by atoms with Crippen LogP contribution in [0.1, 0.15) is 5.69 Å². The quantitative estimate of drug-likeness (QED) is 0.755. The Hall–Kier alpha value is -2.13. The average Bonchev–Trinajstić information content (AvgIpc) is 2.92. The first kappa shape index (κ1) is 16.2. The third-order valence-corrected chi connectivity index (χ3v) is 3.45. The Balaban J connectivity index is 1.84. The molecule has 8 nitrogen and oxygen atoms in total. The van der Waals surface area contributed by atoms with Crippen LogP contribution < -0.4 is 14.2 Å². The van der Waals surface area contributed by atoms with E-state index in [9.17, 15) is 8.42 Å². The van der Waals surface area contributed by atoms with Crippen molar-refractivity contribution >= 4 is 10.0 Å². The fourth-order valence-corrected chi connectivity index (χ4v) is 2.17. The maximum absolute atomic E-state index is 11.0. The topological polar surface area (TPSA) is 95.3 Å². The van der Waals surface area contributed by atoms with Crippen LogP contribution in [0.2, 0.25) is 0 Å². The second-order valence-electron chi connectivity index (χ2n) is 4.61. The summed E-state index contributed by atoms with van der Waals surface area (Å²) < 4.78 is 36.6. The molecule has 22 heavy (non-hydrogen) atoms. The third-order valence-electron chi connectivity index (χ3n) is 2.72. The van der Waals surface area contributed by atoms with E-state index in [4.69, 9.17) is 9.47 Å². The van der Waals surface area contributed by atoms with Gasteiger partial charge >= 0.3 is 0 Å². The van der Waals surface area contributed by atoms with Crippen LogP contribution in [0.5, 0.6) is 11.5 Å². The number of hydrogen-bond donors (Lipinski definition) is 1. The second kappa shape index (κ2) is 7.23. The molecule has 1 heterocycles. The molecule has 0 saturated heterocycles. The Morgan fingerprint density at radius 1 is 1.32 bits per heavy atom. The lowest BCUT2D eigenvalue weighted by atomic mass is 10.3. The summed E-state index contributed by atoms with van der Waals surface area (Å²) in [6.07, 6.45) is 2.83. The SMILES string of the molecule is COc1cccc(OCc2cn(CCNS(C)(=O)=O)nn2)c1. The Morgan fingerprint density at radius 3 is 2.82 bits per heavy atom. The molecule has 0 aliphatic carbocycles. The number of rotatable bonds is 8. The first-order valence-electron chi connectivity index (χ1n) is 6.57. The monoisotopic (exact) mass is 326 g/mol. The highest BCUT2D eigenvalue weighted by Crippen LogP contribution is 2.19. The van der Waals surface area contributed by atoms with Crippen LogP contribution in [0.15, 0.2) is 30.5 Å². The molecule has 0 amide bonds. The van der Waals surface area contributed by atoms with Crippen LogP contribution in [-0.2, 0) is 23.2 Å². The van der Waals surface area contributed by atoms with Gasteiger partial charge in [0.25, 0.3) is 0 Å². The van der Waals surface area contributed by atoms with E-state index in [2.05, 4.69) is 15.0 Å². The van der Waals surface area contributed by atoms with Crippen LogP contribution in [-0.4, -0.2) is 43.3 Å². The standard InChI is InChI=1S/C13H18N4O4S/c1-20-12-4-3-5-13(8-12)21-10-11-9-17(16-15-11)7-6-14-22(2,18)19/h3-5,8-9,14H,6-7,10H2,1-2H3. The molecule has 0 unspecified atom stereocenters. The van der Waals surface area contributed by atoms with Gasteiger partial charge in [0.15, 0.2) is 0 Å². The molecule has 0 saturated carbocycles. The predicted octanol–water partition coefficient (Wildman–Crippen LogP) is 0.415. The van der Waals surface area contributed by atoms with Gasteiger partial charge in [0.2, 0.25) is 10.0 Å². The van der Waals surface area contributed by atoms with E-state index in [1.165, 1.54) is 0 Å². The summed E-state index contributed by atoms with van der Waals surface area (Å²) in [5, 5.41) is 7.88. The Kier molecular flexibility index (Phi) is 5.34. The summed E-state index contributed by atoms with van der Waals surface area (Å²) in [6.45, 7) is 0.935. The molecular formula is C13H18N4O4S. The molecule has 0 spiro atoms. The smallest absolute Gasteiger partial charge is 0.208 e. The second-order valence-corrected chi connectivity index (χ2v) is 6.44. The van der Waals surface area contributed by atoms with Gasteiger partial charge in [0, 0.05) is 12.6 Å². The van der Waals surface area contributed by atoms with Gasteiger partial charge in [-0.2, -0.15) is 0 Å². The first-order chi connectivity index (χ1) is 10.5. The van der Waals surface area contributed by atoms with Crippen molar-refractivity contribution in [1.29, 1.82) is 0 Å². The molecule has 0 aliphatic heterocycles. The number of nitrogens with zero attached hydrogens (tertiary/aromatic N) is 3. The first-order valence-corrected chi connectivity index (χ1v) is 8.46. The molecule has 120 valence electrons. The average molecular weight is 326 g/mol. The molecule has 0 aliphatic rings. The van der Waals surface area contributed by atoms with E-state index in [1.54, 1.807) is 24.1 Å². The molecule has 1 aromatic carbocycles. The van der Waals surface area contributed by atoms with Gasteiger partial charge in [-0.1, -0.05) is 11.3 Å². The predicted molar refractivity (Wildman–Crippen MR) is 80.2 cm³/mol. The van der Waals surface area contributed by atoms with Gasteiger partial charge in [-0.15, -0.1) is 5.10 Å². The number of ether oxygens (including phenoxy) is 2. The highest BCUT2D eigenvalue weighted by atomic mass is 32.2. The zero-order valence-electron chi connectivity index (χ0n) is 12.4. The number of sulfonamides is 1. The van der Waals surface area contributed by atoms with Crippen LogP contribution >= 0.6 is 0 Å². The maximum atomic E-state index is 11.0. The van der Waals surface area contributed by atoms with Crippen LogP contribution in [0.25, 0.3) is 0 Å². The summed E-state index contributed by atoms with van der Waals surface area (Å²) in [6, 6.07) is 7.27. The van der Waals surface area contributed by atoms with E-state index in [-0.39, 0.29) is 13.2 Å². The van der Waals surface area contributed by atoms with Crippen LogP contribution in [0.4, 0.5) is 0 Å². The molecule has 9 heteroatoms. The zero-order valence-corrected chi connectivity index (χ0v) is 13.2. The van der Waals surface area contributed by atoms with Gasteiger partial charge in [-0.3, -0.25) is 4.68 Å². The lowest BCUT2D eigenvalue weighted by Gasteiger charge is -2.05. The van der Waals surface area contributed by atoms with E-state index in [1.807, 2.05) is 18.2 Å². The minimum absolute atomic E-state index is 0.262. The molecule has 0 radical (unpaired) electrons. The number of aromatic nitrogens is 3. The van der Waals surface area contributed by atoms with Gasteiger partial charge in [0.05, 0.1) is 26.1 Å². The fraction of sp³-hybridized carbons (Fsp3) is 0.385. The van der Waals surface area contributed by atoms with E-state index < -0.39 is 10.0 Å². The lowest BCUT2D eigenvalue weighted by Crippen LogP contribution is -2.26. The summed E-state index contributed by atoms with van der Waals surface area (Å²) in [5.74, 6) is 1.39. The minimum Gasteiger partial charge on any atom is -0.497 e. The number of hydrogen-bond acceptors (Lipinski definition) is 6. The van der Waals surface area contributed by atoms with Crippen LogP contribution in [0.3, 0.4) is 0 Å². The molecule has 2 aromatic rings. The van der Waals surface area contributed by atoms with Crippen molar-refractivity contribution < 1.29 is 17.9 Å². The van der Waals surface area contributed by atoms with E-state index in [0.717, 1.165) is 6.26 Å². The molecule has 0 fully saturated rings. The molecule has 0 bridgehead atoms. The Labute approximate surface area is 129 Å². The number of nitrogens with one attached hydrogen (secondary N) is 1. The fourth-order valence-electron chi connectivity index (χ4n) is 1.71.